The van der Waals surface area contributed by atoms with Crippen LogP contribution in [-0.4, -0.2) is 23.9 Å². The van der Waals surface area contributed by atoms with Crippen LogP contribution in [0.15, 0.2) is 42.5 Å². The number of rotatable bonds is 7. The van der Waals surface area contributed by atoms with Gasteiger partial charge in [0.1, 0.15) is 0 Å². The summed E-state index contributed by atoms with van der Waals surface area (Å²) in [7, 11) is 0. The third-order valence-electron chi connectivity index (χ3n) is 4.25. The molecule has 0 fully saturated rings. The van der Waals surface area contributed by atoms with E-state index >= 15 is 0 Å². The van der Waals surface area contributed by atoms with E-state index in [-0.39, 0.29) is 17.5 Å². The lowest BCUT2D eigenvalue weighted by atomic mass is 10.1. The average Bonchev–Trinajstić information content (AvgIpc) is 2.63. The van der Waals surface area contributed by atoms with E-state index in [1.807, 2.05) is 26.0 Å². The first kappa shape index (κ1) is 21.3. The van der Waals surface area contributed by atoms with E-state index in [9.17, 15) is 18.0 Å². The molecule has 27 heavy (non-hydrogen) atoms. The van der Waals surface area contributed by atoms with Crippen LogP contribution in [0.25, 0.3) is 0 Å². The van der Waals surface area contributed by atoms with Gasteiger partial charge in [0.25, 0.3) is 5.91 Å². The Morgan fingerprint density at radius 1 is 1.00 bits per heavy atom. The number of hydrogen-bond acceptors (Lipinski definition) is 2. The number of carbonyl (C=O) groups is 1. The van der Waals surface area contributed by atoms with Crippen molar-refractivity contribution in [2.24, 2.45) is 0 Å². The Hall–Kier alpha value is -2.05. The van der Waals surface area contributed by atoms with Gasteiger partial charge in [0.2, 0.25) is 0 Å². The van der Waals surface area contributed by atoms with Gasteiger partial charge in [0.15, 0.2) is 0 Å². The van der Waals surface area contributed by atoms with E-state index in [1.165, 1.54) is 6.07 Å². The molecule has 0 radical (unpaired) electrons. The number of amides is 1. The summed E-state index contributed by atoms with van der Waals surface area (Å²) in [5.41, 5.74) is 1.23. The molecule has 0 saturated heterocycles. The van der Waals surface area contributed by atoms with Crippen molar-refractivity contribution in [2.45, 2.75) is 33.1 Å². The second kappa shape index (κ2) is 9.24. The highest BCUT2D eigenvalue weighted by Crippen LogP contribution is 2.35. The summed E-state index contributed by atoms with van der Waals surface area (Å²) >= 11 is 5.62. The zero-order valence-electron chi connectivity index (χ0n) is 15.2. The van der Waals surface area contributed by atoms with Gasteiger partial charge in [-0.1, -0.05) is 29.8 Å². The minimum atomic E-state index is -4.47. The molecule has 0 saturated carbocycles. The van der Waals surface area contributed by atoms with Gasteiger partial charge in [-0.3, -0.25) is 4.79 Å². The maximum atomic E-state index is 12.9. The lowest BCUT2D eigenvalue weighted by Crippen LogP contribution is -2.30. The van der Waals surface area contributed by atoms with E-state index in [1.54, 1.807) is 23.1 Å². The highest BCUT2D eigenvalue weighted by Gasteiger charge is 2.33. The highest BCUT2D eigenvalue weighted by molar-refractivity contribution is 6.31. The van der Waals surface area contributed by atoms with Crippen LogP contribution in [0.4, 0.5) is 13.2 Å². The largest absolute Gasteiger partial charge is 0.417 e. The second-order valence-electron chi connectivity index (χ2n) is 6.09. The van der Waals surface area contributed by atoms with Crippen molar-refractivity contribution in [3.8, 4) is 0 Å². The topological polar surface area (TPSA) is 32.3 Å². The number of halogens is 4. The van der Waals surface area contributed by atoms with Crippen LogP contribution in [-0.2, 0) is 19.3 Å². The fourth-order valence-electron chi connectivity index (χ4n) is 2.71. The summed E-state index contributed by atoms with van der Waals surface area (Å²) in [6.45, 7) is 5.92. The minimum absolute atomic E-state index is 0.0136. The van der Waals surface area contributed by atoms with E-state index in [4.69, 9.17) is 11.6 Å². The molecule has 0 atom stereocenters. The Morgan fingerprint density at radius 3 is 2.11 bits per heavy atom. The summed E-state index contributed by atoms with van der Waals surface area (Å²) in [6.07, 6.45) is -4.47. The Bertz CT molecular complexity index is 772. The summed E-state index contributed by atoms with van der Waals surface area (Å²) in [5, 5.41) is 2.80. The predicted molar refractivity (Wildman–Crippen MR) is 101 cm³/mol. The average molecular weight is 399 g/mol. The van der Waals surface area contributed by atoms with E-state index in [0.717, 1.165) is 11.6 Å². The number of benzene rings is 2. The first-order valence-electron chi connectivity index (χ1n) is 8.70. The number of carbonyl (C=O) groups excluding carboxylic acids is 1. The van der Waals surface area contributed by atoms with Gasteiger partial charge in [-0.15, -0.1) is 0 Å². The molecule has 3 nitrogen and oxygen atoms in total. The third-order valence-corrected chi connectivity index (χ3v) is 4.58. The molecule has 2 aromatic carbocycles. The Kier molecular flexibility index (Phi) is 7.27. The highest BCUT2D eigenvalue weighted by atomic mass is 35.5. The number of alkyl halides is 3. The fourth-order valence-corrected chi connectivity index (χ4v) is 2.93. The number of hydrogen-bond donors (Lipinski definition) is 1. The number of nitrogens with zero attached hydrogens (tertiary/aromatic N) is 1. The molecule has 0 bridgehead atoms. The van der Waals surface area contributed by atoms with Crippen LogP contribution < -0.4 is 5.32 Å². The van der Waals surface area contributed by atoms with Crippen molar-refractivity contribution >= 4 is 17.5 Å². The van der Waals surface area contributed by atoms with E-state index in [0.29, 0.717) is 30.8 Å². The molecule has 0 heterocycles. The predicted octanol–water partition coefficient (Wildman–Crippen LogP) is 5.13. The smallest absolute Gasteiger partial charge is 0.339 e. The zero-order valence-corrected chi connectivity index (χ0v) is 16.0. The molecule has 0 aliphatic carbocycles. The lowest BCUT2D eigenvalue weighted by Gasteiger charge is -2.18. The molecule has 0 aromatic heterocycles. The lowest BCUT2D eigenvalue weighted by molar-refractivity contribution is -0.137. The van der Waals surface area contributed by atoms with E-state index < -0.39 is 11.7 Å². The van der Waals surface area contributed by atoms with Crippen molar-refractivity contribution in [3.63, 3.8) is 0 Å². The van der Waals surface area contributed by atoms with Crippen LogP contribution in [0.5, 0.6) is 0 Å². The van der Waals surface area contributed by atoms with Gasteiger partial charge in [-0.25, -0.2) is 0 Å². The molecule has 146 valence electrons. The zero-order chi connectivity index (χ0) is 20.0. The maximum Gasteiger partial charge on any atom is 0.417 e. The number of nitrogens with one attached hydrogen (secondary N) is 1. The van der Waals surface area contributed by atoms with Crippen molar-refractivity contribution in [3.05, 3.63) is 69.7 Å². The third kappa shape index (κ3) is 5.71. The fraction of sp³-hybridized carbons (Fsp3) is 0.350. The van der Waals surface area contributed by atoms with Crippen LogP contribution >= 0.6 is 11.6 Å². The molecule has 1 N–H and O–H groups in total. The minimum Gasteiger partial charge on any atom is -0.339 e. The quantitative estimate of drug-likeness (QED) is 0.701. The SMILES string of the molecule is CCN(CC)C(=O)c1ccc(CNCc2ccc(Cl)c(C(F)(F)F)c2)cc1. The molecule has 0 aliphatic heterocycles. The Morgan fingerprint density at radius 2 is 1.56 bits per heavy atom. The first-order valence-corrected chi connectivity index (χ1v) is 9.08. The van der Waals surface area contributed by atoms with Gasteiger partial charge >= 0.3 is 6.18 Å². The maximum absolute atomic E-state index is 12.9. The van der Waals surface area contributed by atoms with Gasteiger partial charge in [-0.05, 0) is 49.2 Å². The molecule has 0 unspecified atom stereocenters. The molecule has 1 amide bonds. The van der Waals surface area contributed by atoms with Crippen molar-refractivity contribution < 1.29 is 18.0 Å². The molecule has 2 rings (SSSR count). The van der Waals surface area contributed by atoms with Crippen LogP contribution in [0, 0.1) is 0 Å². The van der Waals surface area contributed by atoms with Gasteiger partial charge in [0.05, 0.1) is 10.6 Å². The molecule has 0 aliphatic rings. The Balaban J connectivity index is 1.95. The van der Waals surface area contributed by atoms with Crippen molar-refractivity contribution in [1.82, 2.24) is 10.2 Å². The molecule has 2 aromatic rings. The summed E-state index contributed by atoms with van der Waals surface area (Å²) < 4.78 is 38.7. The standard InChI is InChI=1S/C20H22ClF3N2O/c1-3-26(4-2)19(27)16-8-5-14(6-9-16)12-25-13-15-7-10-18(21)17(11-15)20(22,23)24/h5-11,25H,3-4,12-13H2,1-2H3. The summed E-state index contributed by atoms with van der Waals surface area (Å²) in [4.78, 5) is 14.0. The second-order valence-corrected chi connectivity index (χ2v) is 6.50. The molecular weight excluding hydrogens is 377 g/mol. The summed E-state index contributed by atoms with van der Waals surface area (Å²) in [6, 6.07) is 11.1. The summed E-state index contributed by atoms with van der Waals surface area (Å²) in [5.74, 6) is -0.0136. The molecule has 7 heteroatoms. The van der Waals surface area contributed by atoms with Crippen molar-refractivity contribution in [1.29, 1.82) is 0 Å². The van der Waals surface area contributed by atoms with Crippen LogP contribution in [0.1, 0.15) is 40.9 Å². The van der Waals surface area contributed by atoms with Crippen LogP contribution in [0.2, 0.25) is 5.02 Å². The van der Waals surface area contributed by atoms with Crippen molar-refractivity contribution in [2.75, 3.05) is 13.1 Å². The molecule has 0 spiro atoms. The first-order chi connectivity index (χ1) is 12.8. The van der Waals surface area contributed by atoms with Gasteiger partial charge in [-0.2, -0.15) is 13.2 Å². The van der Waals surface area contributed by atoms with Gasteiger partial charge in [0, 0.05) is 31.7 Å². The monoisotopic (exact) mass is 398 g/mol. The van der Waals surface area contributed by atoms with E-state index in [2.05, 4.69) is 5.32 Å². The normalized spacial score (nSPS) is 11.5. The van der Waals surface area contributed by atoms with Crippen LogP contribution in [0.3, 0.4) is 0 Å². The Labute approximate surface area is 162 Å². The van der Waals surface area contributed by atoms with Gasteiger partial charge < -0.3 is 10.2 Å². The molecular formula is C20H22ClF3N2O.